The molecule has 0 aliphatic rings. The Balaban J connectivity index is 3.03. The molecule has 0 atom stereocenters. The first-order valence-electron chi connectivity index (χ1n) is 5.41. The third kappa shape index (κ3) is 4.22. The van der Waals surface area contributed by atoms with Crippen molar-refractivity contribution >= 4 is 25.6 Å². The van der Waals surface area contributed by atoms with Crippen LogP contribution in [-0.4, -0.2) is 30.4 Å². The Morgan fingerprint density at radius 2 is 2.26 bits per heavy atom. The van der Waals surface area contributed by atoms with Gasteiger partial charge in [-0.2, -0.15) is 5.26 Å². The lowest BCUT2D eigenvalue weighted by atomic mass is 10.2. The fourth-order valence-electron chi connectivity index (χ4n) is 1.46. The quantitative estimate of drug-likeness (QED) is 0.632. The number of imidazole rings is 1. The summed E-state index contributed by atoms with van der Waals surface area (Å²) in [6.07, 6.45) is 1.21. The zero-order chi connectivity index (χ0) is 14.6. The van der Waals surface area contributed by atoms with E-state index in [9.17, 15) is 13.2 Å². The molecule has 0 spiro atoms. The Labute approximate surface area is 115 Å². The topological polar surface area (TPSA) is 105 Å². The molecular weight excluding hydrogens is 292 g/mol. The van der Waals surface area contributed by atoms with Crippen molar-refractivity contribution < 1.29 is 13.2 Å². The minimum atomic E-state index is -3.93. The van der Waals surface area contributed by atoms with Crippen LogP contribution in [-0.2, 0) is 20.4 Å². The Hall–Kier alpha value is -1.59. The minimum absolute atomic E-state index is 0.0732. The molecule has 0 fully saturated rings. The van der Waals surface area contributed by atoms with E-state index in [0.717, 1.165) is 0 Å². The Kier molecular flexibility index (Phi) is 4.91. The van der Waals surface area contributed by atoms with E-state index in [1.54, 1.807) is 6.07 Å². The summed E-state index contributed by atoms with van der Waals surface area (Å²) in [5, 5.41) is 10.4. The van der Waals surface area contributed by atoms with Crippen molar-refractivity contribution in [2.75, 3.05) is 6.54 Å². The van der Waals surface area contributed by atoms with Crippen LogP contribution >= 0.6 is 10.7 Å². The van der Waals surface area contributed by atoms with E-state index in [1.807, 2.05) is 13.8 Å². The second kappa shape index (κ2) is 6.04. The molecule has 1 N–H and O–H groups in total. The zero-order valence-corrected chi connectivity index (χ0v) is 12.0. The number of rotatable bonds is 5. The van der Waals surface area contributed by atoms with Gasteiger partial charge in [-0.05, 0) is 0 Å². The third-order valence-corrected chi connectivity index (χ3v) is 3.40. The van der Waals surface area contributed by atoms with E-state index in [0.29, 0.717) is 5.82 Å². The summed E-state index contributed by atoms with van der Waals surface area (Å²) >= 11 is 0. The predicted octanol–water partition coefficient (Wildman–Crippen LogP) is 0.574. The highest BCUT2D eigenvalue weighted by atomic mass is 35.7. The molecule has 0 unspecified atom stereocenters. The average molecular weight is 305 g/mol. The second-order valence-corrected chi connectivity index (χ2v) is 6.61. The molecule has 0 aromatic carbocycles. The van der Waals surface area contributed by atoms with Gasteiger partial charge < -0.3 is 9.88 Å². The molecule has 19 heavy (non-hydrogen) atoms. The highest BCUT2D eigenvalue weighted by molar-refractivity contribution is 8.13. The van der Waals surface area contributed by atoms with Crippen molar-refractivity contribution in [1.29, 1.82) is 5.26 Å². The van der Waals surface area contributed by atoms with Gasteiger partial charge in [-0.3, -0.25) is 4.79 Å². The van der Waals surface area contributed by atoms with Crippen LogP contribution in [0.25, 0.3) is 0 Å². The summed E-state index contributed by atoms with van der Waals surface area (Å²) in [6.45, 7) is 3.41. The molecule has 0 bridgehead atoms. The molecule has 0 aliphatic heterocycles. The molecule has 1 amide bonds. The minimum Gasteiger partial charge on any atom is -0.341 e. The van der Waals surface area contributed by atoms with Crippen LogP contribution in [0.15, 0.2) is 11.2 Å². The standard InChI is InChI=1S/C10H13ClN4O3S/c1-7(2)10-14-9(19(11,17)18)6-15(10)5-8(16)13-4-3-12/h6-7H,4-5H2,1-2H3,(H,13,16). The number of halogens is 1. The monoisotopic (exact) mass is 304 g/mol. The molecule has 0 radical (unpaired) electrons. The lowest BCUT2D eigenvalue weighted by Gasteiger charge is -2.09. The fraction of sp³-hybridized carbons (Fsp3) is 0.500. The fourth-order valence-corrected chi connectivity index (χ4v) is 2.14. The number of hydrogen-bond donors (Lipinski definition) is 1. The van der Waals surface area contributed by atoms with Crippen molar-refractivity contribution in [3.05, 3.63) is 12.0 Å². The van der Waals surface area contributed by atoms with E-state index < -0.39 is 15.0 Å². The number of carbonyl (C=O) groups is 1. The predicted molar refractivity (Wildman–Crippen MR) is 68.0 cm³/mol. The SMILES string of the molecule is CC(C)c1nc(S(=O)(=O)Cl)cn1CC(=O)NCC#N. The molecule has 1 rings (SSSR count). The molecule has 1 aromatic rings. The molecule has 9 heteroatoms. The number of aromatic nitrogens is 2. The maximum Gasteiger partial charge on any atom is 0.280 e. The summed E-state index contributed by atoms with van der Waals surface area (Å²) in [6, 6.07) is 1.78. The molecule has 7 nitrogen and oxygen atoms in total. The highest BCUT2D eigenvalue weighted by Gasteiger charge is 2.20. The summed E-state index contributed by atoms with van der Waals surface area (Å²) in [5.74, 6) is -0.0402. The summed E-state index contributed by atoms with van der Waals surface area (Å²) < 4.78 is 23.9. The lowest BCUT2D eigenvalue weighted by Crippen LogP contribution is -2.28. The van der Waals surface area contributed by atoms with Gasteiger partial charge in [0.2, 0.25) is 5.91 Å². The Morgan fingerprint density at radius 3 is 2.74 bits per heavy atom. The molecule has 1 aromatic heterocycles. The van der Waals surface area contributed by atoms with Crippen LogP contribution in [0.2, 0.25) is 0 Å². The number of amides is 1. The molecule has 0 saturated carbocycles. The molecule has 0 aliphatic carbocycles. The van der Waals surface area contributed by atoms with Gasteiger partial charge in [0.05, 0.1) is 6.07 Å². The first-order valence-corrected chi connectivity index (χ1v) is 7.72. The van der Waals surface area contributed by atoms with Crippen molar-refractivity contribution in [3.8, 4) is 6.07 Å². The van der Waals surface area contributed by atoms with Gasteiger partial charge >= 0.3 is 0 Å². The van der Waals surface area contributed by atoms with E-state index in [1.165, 1.54) is 10.8 Å². The number of nitrogens with zero attached hydrogens (tertiary/aromatic N) is 3. The van der Waals surface area contributed by atoms with E-state index >= 15 is 0 Å². The van der Waals surface area contributed by atoms with E-state index in [-0.39, 0.29) is 24.0 Å². The van der Waals surface area contributed by atoms with Crippen LogP contribution in [0.1, 0.15) is 25.6 Å². The number of nitriles is 1. The Bertz CT molecular complexity index is 615. The van der Waals surface area contributed by atoms with Crippen LogP contribution in [0, 0.1) is 11.3 Å². The number of nitrogens with one attached hydrogen (secondary N) is 1. The molecule has 0 saturated heterocycles. The summed E-state index contributed by atoms with van der Waals surface area (Å²) in [5.41, 5.74) is 0. The highest BCUT2D eigenvalue weighted by Crippen LogP contribution is 2.19. The first kappa shape index (κ1) is 15.5. The number of hydrogen-bond acceptors (Lipinski definition) is 5. The van der Waals surface area contributed by atoms with E-state index in [2.05, 4.69) is 10.3 Å². The van der Waals surface area contributed by atoms with Crippen LogP contribution in [0.4, 0.5) is 0 Å². The maximum absolute atomic E-state index is 11.5. The van der Waals surface area contributed by atoms with Gasteiger partial charge in [-0.25, -0.2) is 13.4 Å². The van der Waals surface area contributed by atoms with Crippen molar-refractivity contribution in [2.24, 2.45) is 0 Å². The lowest BCUT2D eigenvalue weighted by molar-refractivity contribution is -0.121. The molecular formula is C10H13ClN4O3S. The number of carbonyl (C=O) groups excluding carboxylic acids is 1. The largest absolute Gasteiger partial charge is 0.341 e. The molecule has 104 valence electrons. The zero-order valence-electron chi connectivity index (χ0n) is 10.4. The summed E-state index contributed by atoms with van der Waals surface area (Å²) in [4.78, 5) is 15.4. The van der Waals surface area contributed by atoms with Crippen LogP contribution < -0.4 is 5.32 Å². The van der Waals surface area contributed by atoms with Gasteiger partial charge in [0.15, 0.2) is 5.03 Å². The van der Waals surface area contributed by atoms with Gasteiger partial charge in [0.25, 0.3) is 9.05 Å². The average Bonchev–Trinajstić information content (AvgIpc) is 2.70. The first-order chi connectivity index (χ1) is 8.75. The van der Waals surface area contributed by atoms with Crippen LogP contribution in [0.5, 0.6) is 0 Å². The van der Waals surface area contributed by atoms with Gasteiger partial charge in [-0.15, -0.1) is 0 Å². The van der Waals surface area contributed by atoms with Gasteiger partial charge in [-0.1, -0.05) is 13.8 Å². The summed E-state index contributed by atoms with van der Waals surface area (Å²) in [7, 11) is 1.29. The van der Waals surface area contributed by atoms with Gasteiger partial charge in [0, 0.05) is 22.8 Å². The normalized spacial score (nSPS) is 11.3. The second-order valence-electron chi connectivity index (χ2n) is 4.09. The molecule has 1 heterocycles. The van der Waals surface area contributed by atoms with Crippen molar-refractivity contribution in [1.82, 2.24) is 14.9 Å². The van der Waals surface area contributed by atoms with Crippen molar-refractivity contribution in [3.63, 3.8) is 0 Å². The Morgan fingerprint density at radius 1 is 1.63 bits per heavy atom. The van der Waals surface area contributed by atoms with Crippen molar-refractivity contribution in [2.45, 2.75) is 31.3 Å². The van der Waals surface area contributed by atoms with E-state index in [4.69, 9.17) is 15.9 Å². The van der Waals surface area contributed by atoms with Gasteiger partial charge in [0.1, 0.15) is 18.9 Å². The smallest absolute Gasteiger partial charge is 0.280 e. The third-order valence-electron chi connectivity index (χ3n) is 2.23. The maximum atomic E-state index is 11.5. The van der Waals surface area contributed by atoms with Crippen LogP contribution in [0.3, 0.4) is 0 Å².